The van der Waals surface area contributed by atoms with Crippen LogP contribution in [0, 0.1) is 11.6 Å². The second-order valence-electron chi connectivity index (χ2n) is 5.51. The molecule has 1 aromatic heterocycles. The van der Waals surface area contributed by atoms with Gasteiger partial charge in [0.2, 0.25) is 0 Å². The van der Waals surface area contributed by atoms with Gasteiger partial charge < -0.3 is 5.32 Å². The van der Waals surface area contributed by atoms with Crippen LogP contribution in [-0.2, 0) is 0 Å². The van der Waals surface area contributed by atoms with E-state index in [4.69, 9.17) is 0 Å². The van der Waals surface area contributed by atoms with Crippen LogP contribution in [-0.4, -0.2) is 15.7 Å². The van der Waals surface area contributed by atoms with E-state index in [2.05, 4.69) is 26.3 Å². The Morgan fingerprint density at radius 1 is 1.20 bits per heavy atom. The van der Waals surface area contributed by atoms with Gasteiger partial charge in [0.1, 0.15) is 11.6 Å². The fraction of sp³-hybridized carbons (Fsp3) is 0.111. The van der Waals surface area contributed by atoms with Crippen molar-refractivity contribution in [3.8, 4) is 5.69 Å². The lowest BCUT2D eigenvalue weighted by Crippen LogP contribution is -2.27. The molecule has 1 heterocycles. The Bertz CT molecular complexity index is 909. The molecule has 3 rings (SSSR count). The molecular formula is C18H14BrF2N3O. The summed E-state index contributed by atoms with van der Waals surface area (Å²) in [7, 11) is 0. The fourth-order valence-electron chi connectivity index (χ4n) is 2.41. The molecule has 1 atom stereocenters. The lowest BCUT2D eigenvalue weighted by Gasteiger charge is -2.15. The molecule has 0 radical (unpaired) electrons. The normalized spacial score (nSPS) is 12.0. The van der Waals surface area contributed by atoms with Crippen LogP contribution in [0.1, 0.15) is 28.9 Å². The van der Waals surface area contributed by atoms with E-state index in [-0.39, 0.29) is 11.5 Å². The Morgan fingerprint density at radius 3 is 2.56 bits per heavy atom. The first-order chi connectivity index (χ1) is 11.9. The Kier molecular flexibility index (Phi) is 4.94. The average molecular weight is 406 g/mol. The van der Waals surface area contributed by atoms with Gasteiger partial charge in [-0.2, -0.15) is 5.10 Å². The van der Waals surface area contributed by atoms with E-state index in [9.17, 15) is 13.6 Å². The zero-order chi connectivity index (χ0) is 18.0. The minimum Gasteiger partial charge on any atom is -0.345 e. The molecule has 0 saturated carbocycles. The molecule has 0 aliphatic carbocycles. The van der Waals surface area contributed by atoms with Crippen LogP contribution in [0.3, 0.4) is 0 Å². The van der Waals surface area contributed by atoms with Gasteiger partial charge in [0.15, 0.2) is 0 Å². The zero-order valence-corrected chi connectivity index (χ0v) is 14.8. The van der Waals surface area contributed by atoms with Crippen molar-refractivity contribution in [2.24, 2.45) is 0 Å². The topological polar surface area (TPSA) is 46.9 Å². The van der Waals surface area contributed by atoms with Crippen LogP contribution in [0.25, 0.3) is 5.69 Å². The molecule has 0 aliphatic rings. The monoisotopic (exact) mass is 405 g/mol. The van der Waals surface area contributed by atoms with Gasteiger partial charge in [-0.25, -0.2) is 13.5 Å². The van der Waals surface area contributed by atoms with Crippen molar-refractivity contribution in [1.29, 1.82) is 0 Å². The van der Waals surface area contributed by atoms with Gasteiger partial charge >= 0.3 is 0 Å². The van der Waals surface area contributed by atoms with Gasteiger partial charge in [-0.15, -0.1) is 0 Å². The van der Waals surface area contributed by atoms with E-state index in [1.807, 2.05) is 0 Å². The molecule has 1 amide bonds. The third kappa shape index (κ3) is 3.93. The van der Waals surface area contributed by atoms with Crippen molar-refractivity contribution in [2.75, 3.05) is 0 Å². The van der Waals surface area contributed by atoms with Crippen molar-refractivity contribution >= 4 is 21.8 Å². The Balaban J connectivity index is 1.73. The molecule has 0 bridgehead atoms. The summed E-state index contributed by atoms with van der Waals surface area (Å²) in [6.07, 6.45) is 3.46. The minimum atomic E-state index is -0.662. The van der Waals surface area contributed by atoms with E-state index in [0.717, 1.165) is 28.4 Å². The number of benzene rings is 2. The summed E-state index contributed by atoms with van der Waals surface area (Å²) >= 11 is 3.32. The van der Waals surface area contributed by atoms with E-state index in [1.165, 1.54) is 0 Å². The molecule has 0 fully saturated rings. The maximum Gasteiger partial charge on any atom is 0.251 e. The first-order valence-electron chi connectivity index (χ1n) is 7.50. The van der Waals surface area contributed by atoms with Crippen molar-refractivity contribution < 1.29 is 13.6 Å². The van der Waals surface area contributed by atoms with Gasteiger partial charge in [-0.1, -0.05) is 0 Å². The minimum absolute atomic E-state index is 0.103. The lowest BCUT2D eigenvalue weighted by atomic mass is 10.1. The molecule has 25 heavy (non-hydrogen) atoms. The number of carbonyl (C=O) groups excluding carboxylic acids is 1. The molecule has 7 heteroatoms. The van der Waals surface area contributed by atoms with Crippen LogP contribution in [0.4, 0.5) is 8.78 Å². The molecular weight excluding hydrogens is 392 g/mol. The Labute approximate surface area is 151 Å². The lowest BCUT2D eigenvalue weighted by molar-refractivity contribution is 0.0939. The van der Waals surface area contributed by atoms with Crippen molar-refractivity contribution in [3.05, 3.63) is 82.1 Å². The number of carbonyl (C=O) groups is 1. The van der Waals surface area contributed by atoms with Crippen molar-refractivity contribution in [1.82, 2.24) is 15.1 Å². The number of aromatic nitrogens is 2. The number of halogens is 3. The van der Waals surface area contributed by atoms with Crippen LogP contribution in [0.2, 0.25) is 0 Å². The number of hydrogen-bond acceptors (Lipinski definition) is 2. The zero-order valence-electron chi connectivity index (χ0n) is 13.2. The Hall–Kier alpha value is -2.54. The second-order valence-corrected chi connectivity index (χ2v) is 6.43. The summed E-state index contributed by atoms with van der Waals surface area (Å²) in [5.41, 5.74) is 1.32. The summed E-state index contributed by atoms with van der Waals surface area (Å²) < 4.78 is 29.6. The van der Waals surface area contributed by atoms with Crippen LogP contribution < -0.4 is 5.32 Å². The highest BCUT2D eigenvalue weighted by Crippen LogP contribution is 2.19. The van der Waals surface area contributed by atoms with E-state index in [0.29, 0.717) is 5.56 Å². The number of nitrogens with zero attached hydrogens (tertiary/aromatic N) is 2. The van der Waals surface area contributed by atoms with Gasteiger partial charge in [0.05, 0.1) is 22.4 Å². The first kappa shape index (κ1) is 17.3. The summed E-state index contributed by atoms with van der Waals surface area (Å²) in [5.74, 6) is -1.48. The maximum atomic E-state index is 13.8. The largest absolute Gasteiger partial charge is 0.345 e. The third-order valence-corrected chi connectivity index (χ3v) is 4.13. The second kappa shape index (κ2) is 7.14. The number of hydrogen-bond donors (Lipinski definition) is 1. The molecule has 4 nitrogen and oxygen atoms in total. The average Bonchev–Trinajstić information content (AvgIpc) is 3.03. The SMILES string of the molecule is CC(NC(=O)c1ccc(-n2cc(Br)cn2)cc1)c1cc(F)ccc1F. The van der Waals surface area contributed by atoms with Crippen LogP contribution in [0.5, 0.6) is 0 Å². The molecule has 0 saturated heterocycles. The number of amides is 1. The van der Waals surface area contributed by atoms with E-state index in [1.54, 1.807) is 48.3 Å². The predicted octanol–water partition coefficient (Wildman–Crippen LogP) is 4.40. The molecule has 0 spiro atoms. The summed E-state index contributed by atoms with van der Waals surface area (Å²) in [6.45, 7) is 1.60. The quantitative estimate of drug-likeness (QED) is 0.698. The van der Waals surface area contributed by atoms with Crippen molar-refractivity contribution in [2.45, 2.75) is 13.0 Å². The van der Waals surface area contributed by atoms with Crippen molar-refractivity contribution in [3.63, 3.8) is 0 Å². The van der Waals surface area contributed by atoms with Crippen LogP contribution >= 0.6 is 15.9 Å². The summed E-state index contributed by atoms with van der Waals surface area (Å²) in [6, 6.07) is 9.31. The fourth-order valence-corrected chi connectivity index (χ4v) is 2.70. The van der Waals surface area contributed by atoms with Gasteiger partial charge in [0.25, 0.3) is 5.91 Å². The standard InChI is InChI=1S/C18H14BrF2N3O/c1-11(16-8-14(20)4-7-17(16)21)23-18(25)12-2-5-15(6-3-12)24-10-13(19)9-22-24/h2-11H,1H3,(H,23,25). The molecule has 1 unspecified atom stereocenters. The summed E-state index contributed by atoms with van der Waals surface area (Å²) in [4.78, 5) is 12.3. The van der Waals surface area contributed by atoms with Crippen LogP contribution in [0.15, 0.2) is 59.3 Å². The molecule has 1 N–H and O–H groups in total. The summed E-state index contributed by atoms with van der Waals surface area (Å²) in [5, 5.41) is 6.83. The number of nitrogens with one attached hydrogen (secondary N) is 1. The molecule has 0 aliphatic heterocycles. The highest BCUT2D eigenvalue weighted by atomic mass is 79.9. The first-order valence-corrected chi connectivity index (χ1v) is 8.30. The molecule has 2 aromatic carbocycles. The van der Waals surface area contributed by atoms with Gasteiger partial charge in [-0.05, 0) is 65.3 Å². The third-order valence-electron chi connectivity index (χ3n) is 3.72. The number of rotatable bonds is 4. The van der Waals surface area contributed by atoms with Gasteiger partial charge in [-0.3, -0.25) is 4.79 Å². The Morgan fingerprint density at radius 2 is 1.92 bits per heavy atom. The van der Waals surface area contributed by atoms with Gasteiger partial charge in [0, 0.05) is 17.3 Å². The maximum absolute atomic E-state index is 13.8. The molecule has 3 aromatic rings. The predicted molar refractivity (Wildman–Crippen MR) is 93.5 cm³/mol. The van der Waals surface area contributed by atoms with E-state index >= 15 is 0 Å². The molecule has 128 valence electrons. The highest BCUT2D eigenvalue weighted by Gasteiger charge is 2.15. The highest BCUT2D eigenvalue weighted by molar-refractivity contribution is 9.10. The smallest absolute Gasteiger partial charge is 0.251 e. The van der Waals surface area contributed by atoms with E-state index < -0.39 is 17.7 Å².